The molecule has 0 heterocycles. The molecule has 1 unspecified atom stereocenters. The van der Waals surface area contributed by atoms with Gasteiger partial charge in [0.05, 0.1) is 11.3 Å². The molecule has 1 fully saturated rings. The summed E-state index contributed by atoms with van der Waals surface area (Å²) in [6.45, 7) is 1.86. The first-order valence-corrected chi connectivity index (χ1v) is 7.85. The lowest BCUT2D eigenvalue weighted by Gasteiger charge is -2.13. The van der Waals surface area contributed by atoms with Gasteiger partial charge in [-0.2, -0.15) is 0 Å². The van der Waals surface area contributed by atoms with Crippen molar-refractivity contribution in [3.8, 4) is 0 Å². The normalized spacial score (nSPS) is 17.1. The molecule has 19 heavy (non-hydrogen) atoms. The Morgan fingerprint density at radius 2 is 2.16 bits per heavy atom. The first-order chi connectivity index (χ1) is 8.87. The predicted octanol–water partition coefficient (Wildman–Crippen LogP) is 1.60. The van der Waals surface area contributed by atoms with Crippen LogP contribution in [0.1, 0.15) is 35.7 Å². The van der Waals surface area contributed by atoms with Gasteiger partial charge in [-0.25, -0.2) is 17.9 Å². The number of carboxylic acids is 1. The Labute approximate surface area is 112 Å². The van der Waals surface area contributed by atoms with Crippen LogP contribution in [0.2, 0.25) is 0 Å². The van der Waals surface area contributed by atoms with E-state index in [9.17, 15) is 13.2 Å². The molecule has 5 nitrogen and oxygen atoms in total. The summed E-state index contributed by atoms with van der Waals surface area (Å²) >= 11 is 0. The molecule has 1 saturated carbocycles. The van der Waals surface area contributed by atoms with E-state index in [1.54, 1.807) is 12.1 Å². The average Bonchev–Trinajstić information content (AvgIpc) is 3.11. The highest BCUT2D eigenvalue weighted by atomic mass is 32.2. The fourth-order valence-electron chi connectivity index (χ4n) is 2.03. The summed E-state index contributed by atoms with van der Waals surface area (Å²) in [6.07, 6.45) is 2.14. The third kappa shape index (κ3) is 4.04. The summed E-state index contributed by atoms with van der Waals surface area (Å²) in [5, 5.41) is 8.87. The van der Waals surface area contributed by atoms with E-state index in [0.717, 1.165) is 12.8 Å². The summed E-state index contributed by atoms with van der Waals surface area (Å²) in [7, 11) is -3.42. The van der Waals surface area contributed by atoms with Crippen LogP contribution in [-0.2, 0) is 15.8 Å². The molecule has 1 aromatic rings. The molecule has 0 bridgehead atoms. The van der Waals surface area contributed by atoms with Gasteiger partial charge in [-0.05, 0) is 43.4 Å². The van der Waals surface area contributed by atoms with Crippen LogP contribution in [0.3, 0.4) is 0 Å². The van der Waals surface area contributed by atoms with Gasteiger partial charge in [0.2, 0.25) is 10.0 Å². The Bertz CT molecular complexity index is 578. The smallest absolute Gasteiger partial charge is 0.335 e. The molecular weight excluding hydrogens is 266 g/mol. The number of sulfonamides is 1. The lowest BCUT2D eigenvalue weighted by Crippen LogP contribution is -2.34. The zero-order valence-electron chi connectivity index (χ0n) is 10.7. The molecule has 0 radical (unpaired) electrons. The number of aromatic carboxylic acids is 1. The molecule has 0 saturated heterocycles. The lowest BCUT2D eigenvalue weighted by atomic mass is 10.1. The van der Waals surface area contributed by atoms with Gasteiger partial charge in [-0.3, -0.25) is 0 Å². The molecule has 2 N–H and O–H groups in total. The van der Waals surface area contributed by atoms with Crippen LogP contribution in [0.25, 0.3) is 0 Å². The van der Waals surface area contributed by atoms with Gasteiger partial charge in [0.15, 0.2) is 0 Å². The van der Waals surface area contributed by atoms with Gasteiger partial charge in [-0.15, -0.1) is 0 Å². The van der Waals surface area contributed by atoms with Crippen molar-refractivity contribution >= 4 is 16.0 Å². The summed E-state index contributed by atoms with van der Waals surface area (Å²) in [5.74, 6) is -0.802. The Morgan fingerprint density at radius 3 is 2.74 bits per heavy atom. The monoisotopic (exact) mass is 283 g/mol. The van der Waals surface area contributed by atoms with Crippen LogP contribution < -0.4 is 4.72 Å². The van der Waals surface area contributed by atoms with E-state index in [1.165, 1.54) is 12.1 Å². The fraction of sp³-hybridized carbons (Fsp3) is 0.462. The van der Waals surface area contributed by atoms with Crippen molar-refractivity contribution in [2.24, 2.45) is 5.92 Å². The second-order valence-electron chi connectivity index (χ2n) is 5.01. The van der Waals surface area contributed by atoms with Gasteiger partial charge in [0.25, 0.3) is 0 Å². The minimum absolute atomic E-state index is 0.0485. The van der Waals surface area contributed by atoms with E-state index in [2.05, 4.69) is 4.72 Å². The van der Waals surface area contributed by atoms with Crippen LogP contribution in [0.15, 0.2) is 24.3 Å². The number of carboxylic acid groups (broad SMARTS) is 1. The fourth-order valence-corrected chi connectivity index (χ4v) is 3.49. The maximum atomic E-state index is 12.0. The van der Waals surface area contributed by atoms with Crippen LogP contribution in [-0.4, -0.2) is 25.5 Å². The van der Waals surface area contributed by atoms with Crippen molar-refractivity contribution < 1.29 is 18.3 Å². The van der Waals surface area contributed by atoms with Crippen LogP contribution in [0, 0.1) is 5.92 Å². The summed E-state index contributed by atoms with van der Waals surface area (Å²) in [6, 6.07) is 5.96. The molecule has 0 amide bonds. The number of nitrogens with one attached hydrogen (secondary N) is 1. The highest BCUT2D eigenvalue weighted by molar-refractivity contribution is 7.88. The second-order valence-corrected chi connectivity index (χ2v) is 6.76. The van der Waals surface area contributed by atoms with Crippen molar-refractivity contribution in [3.63, 3.8) is 0 Å². The minimum atomic E-state index is -3.42. The Morgan fingerprint density at radius 1 is 1.47 bits per heavy atom. The van der Waals surface area contributed by atoms with E-state index < -0.39 is 16.0 Å². The van der Waals surface area contributed by atoms with E-state index in [4.69, 9.17) is 5.11 Å². The van der Waals surface area contributed by atoms with Gasteiger partial charge < -0.3 is 5.11 Å². The van der Waals surface area contributed by atoms with E-state index >= 15 is 0 Å². The number of benzene rings is 1. The number of hydrogen-bond donors (Lipinski definition) is 2. The molecule has 1 aliphatic rings. The predicted molar refractivity (Wildman–Crippen MR) is 71.3 cm³/mol. The topological polar surface area (TPSA) is 83.5 Å². The quantitative estimate of drug-likeness (QED) is 0.830. The first-order valence-electron chi connectivity index (χ1n) is 6.19. The SMILES string of the molecule is CC(NS(=O)(=O)Cc1cccc(C(=O)O)c1)C1CC1. The van der Waals surface area contributed by atoms with Gasteiger partial charge in [0, 0.05) is 6.04 Å². The largest absolute Gasteiger partial charge is 0.478 e. The van der Waals surface area contributed by atoms with Gasteiger partial charge >= 0.3 is 5.97 Å². The number of hydrogen-bond acceptors (Lipinski definition) is 3. The average molecular weight is 283 g/mol. The molecule has 2 rings (SSSR count). The molecular formula is C13H17NO4S. The molecule has 104 valence electrons. The Kier molecular flexibility index (Phi) is 3.91. The van der Waals surface area contributed by atoms with Crippen molar-refractivity contribution in [1.29, 1.82) is 0 Å². The van der Waals surface area contributed by atoms with Crippen LogP contribution in [0.4, 0.5) is 0 Å². The summed E-state index contributed by atoms with van der Waals surface area (Å²) < 4.78 is 26.6. The van der Waals surface area contributed by atoms with Crippen molar-refractivity contribution in [2.45, 2.75) is 31.6 Å². The molecule has 1 atom stereocenters. The van der Waals surface area contributed by atoms with Crippen LogP contribution in [0.5, 0.6) is 0 Å². The van der Waals surface area contributed by atoms with Crippen molar-refractivity contribution in [3.05, 3.63) is 35.4 Å². The standard InChI is InChI=1S/C13H17NO4S/c1-9(11-5-6-11)14-19(17,18)8-10-3-2-4-12(7-10)13(15)16/h2-4,7,9,11,14H,5-6,8H2,1H3,(H,15,16). The maximum Gasteiger partial charge on any atom is 0.335 e. The minimum Gasteiger partial charge on any atom is -0.478 e. The van der Waals surface area contributed by atoms with Crippen LogP contribution >= 0.6 is 0 Å². The zero-order chi connectivity index (χ0) is 14.0. The number of rotatable bonds is 6. The highest BCUT2D eigenvalue weighted by Gasteiger charge is 2.30. The van der Waals surface area contributed by atoms with Crippen molar-refractivity contribution in [2.75, 3.05) is 0 Å². The van der Waals surface area contributed by atoms with E-state index in [1.807, 2.05) is 6.92 Å². The third-order valence-corrected chi connectivity index (χ3v) is 4.67. The second kappa shape index (κ2) is 5.30. The molecule has 6 heteroatoms. The molecule has 1 aromatic carbocycles. The third-order valence-electron chi connectivity index (χ3n) is 3.23. The Balaban J connectivity index is 2.06. The maximum absolute atomic E-state index is 12.0. The molecule has 0 aromatic heterocycles. The zero-order valence-corrected chi connectivity index (χ0v) is 11.5. The van der Waals surface area contributed by atoms with Gasteiger partial charge in [0.1, 0.15) is 0 Å². The molecule has 0 aliphatic heterocycles. The van der Waals surface area contributed by atoms with E-state index in [0.29, 0.717) is 11.5 Å². The Hall–Kier alpha value is -1.40. The van der Waals surface area contributed by atoms with Gasteiger partial charge in [-0.1, -0.05) is 12.1 Å². The van der Waals surface area contributed by atoms with E-state index in [-0.39, 0.29) is 17.4 Å². The molecule has 1 aliphatic carbocycles. The van der Waals surface area contributed by atoms with Crippen molar-refractivity contribution in [1.82, 2.24) is 4.72 Å². The highest BCUT2D eigenvalue weighted by Crippen LogP contribution is 2.32. The summed E-state index contributed by atoms with van der Waals surface area (Å²) in [5.41, 5.74) is 0.582. The first kappa shape index (κ1) is 14.0. The molecule has 0 spiro atoms. The summed E-state index contributed by atoms with van der Waals surface area (Å²) in [4.78, 5) is 10.8. The number of carbonyl (C=O) groups is 1. The lowest BCUT2D eigenvalue weighted by molar-refractivity contribution is 0.0696.